The van der Waals surface area contributed by atoms with Crippen molar-refractivity contribution < 1.29 is 0 Å². The molecule has 1 nitrogen and oxygen atoms in total. The second kappa shape index (κ2) is 1.10. The highest BCUT2D eigenvalue weighted by Gasteiger charge is 2.22. The molecule has 1 heterocycles. The molecule has 1 aliphatic carbocycles. The molecule has 0 aromatic rings. The van der Waals surface area contributed by atoms with Crippen LogP contribution in [0.25, 0.3) is 0 Å². The van der Waals surface area contributed by atoms with E-state index in [9.17, 15) is 0 Å². The molecule has 0 aromatic heterocycles. The Bertz CT molecular complexity index is 115. The first kappa shape index (κ1) is 3.67. The summed E-state index contributed by atoms with van der Waals surface area (Å²) in [7, 11) is 0. The van der Waals surface area contributed by atoms with Gasteiger partial charge in [-0.1, -0.05) is 11.6 Å². The molecule has 38 valence electrons. The number of nitrogens with one attached hydrogen (secondary N) is 1. The Kier molecular flexibility index (Phi) is 0.577. The molecule has 0 saturated carbocycles. The maximum atomic E-state index is 3.39. The van der Waals surface area contributed by atoms with Crippen LogP contribution in [0.5, 0.6) is 0 Å². The third-order valence-electron chi connectivity index (χ3n) is 1.82. The van der Waals surface area contributed by atoms with Crippen LogP contribution in [0, 0.1) is 0 Å². The van der Waals surface area contributed by atoms with Gasteiger partial charge in [0.15, 0.2) is 0 Å². The molecule has 1 saturated heterocycles. The monoisotopic (exact) mass is 95.1 g/mol. The molecule has 1 atom stereocenters. The van der Waals surface area contributed by atoms with E-state index in [-0.39, 0.29) is 0 Å². The van der Waals surface area contributed by atoms with Crippen LogP contribution < -0.4 is 5.32 Å². The van der Waals surface area contributed by atoms with E-state index in [2.05, 4.69) is 11.4 Å². The highest BCUT2D eigenvalue weighted by Crippen LogP contribution is 2.23. The normalized spacial score (nSPS) is 36.6. The Labute approximate surface area is 43.4 Å². The van der Waals surface area contributed by atoms with Crippen LogP contribution in [0.15, 0.2) is 11.6 Å². The summed E-state index contributed by atoms with van der Waals surface area (Å²) in [6, 6.07) is 0.829. The SMILES string of the molecule is C1=C2CNC(C1)C2. The first-order chi connectivity index (χ1) is 3.45. The number of rotatable bonds is 0. The fourth-order valence-corrected chi connectivity index (χ4v) is 1.37. The van der Waals surface area contributed by atoms with E-state index < -0.39 is 0 Å². The molecular weight excluding hydrogens is 86.1 g/mol. The summed E-state index contributed by atoms with van der Waals surface area (Å²) in [5.41, 5.74) is 1.63. The van der Waals surface area contributed by atoms with Crippen molar-refractivity contribution in [1.29, 1.82) is 0 Å². The van der Waals surface area contributed by atoms with Crippen molar-refractivity contribution in [2.75, 3.05) is 6.54 Å². The lowest BCUT2D eigenvalue weighted by Gasteiger charge is -2.02. The summed E-state index contributed by atoms with van der Waals surface area (Å²) in [5, 5.41) is 3.39. The smallest absolute Gasteiger partial charge is 0.0168 e. The van der Waals surface area contributed by atoms with Gasteiger partial charge in [-0.05, 0) is 12.8 Å². The van der Waals surface area contributed by atoms with Gasteiger partial charge in [-0.2, -0.15) is 0 Å². The van der Waals surface area contributed by atoms with Gasteiger partial charge in [0.25, 0.3) is 0 Å². The van der Waals surface area contributed by atoms with Crippen molar-refractivity contribution in [3.63, 3.8) is 0 Å². The van der Waals surface area contributed by atoms with Gasteiger partial charge in [0.05, 0.1) is 0 Å². The largest absolute Gasteiger partial charge is 0.310 e. The van der Waals surface area contributed by atoms with Gasteiger partial charge in [-0.3, -0.25) is 0 Å². The fourth-order valence-electron chi connectivity index (χ4n) is 1.37. The molecule has 0 radical (unpaired) electrons. The minimum atomic E-state index is 0.829. The zero-order valence-electron chi connectivity index (χ0n) is 4.28. The van der Waals surface area contributed by atoms with Gasteiger partial charge in [0.2, 0.25) is 0 Å². The van der Waals surface area contributed by atoms with E-state index in [0.717, 1.165) is 6.04 Å². The minimum Gasteiger partial charge on any atom is -0.310 e. The Hall–Kier alpha value is -0.300. The molecule has 1 fully saturated rings. The summed E-state index contributed by atoms with van der Waals surface area (Å²) < 4.78 is 0. The summed E-state index contributed by atoms with van der Waals surface area (Å²) in [6.45, 7) is 1.17. The van der Waals surface area contributed by atoms with Crippen LogP contribution in [-0.2, 0) is 0 Å². The van der Waals surface area contributed by atoms with Crippen LogP contribution in [0.3, 0.4) is 0 Å². The van der Waals surface area contributed by atoms with Crippen LogP contribution in [-0.4, -0.2) is 12.6 Å². The van der Waals surface area contributed by atoms with Crippen LogP contribution in [0.2, 0.25) is 0 Å². The molecule has 2 bridgehead atoms. The minimum absolute atomic E-state index is 0.829. The van der Waals surface area contributed by atoms with Crippen molar-refractivity contribution in [2.45, 2.75) is 18.9 Å². The van der Waals surface area contributed by atoms with Gasteiger partial charge in [-0.15, -0.1) is 0 Å². The average molecular weight is 95.1 g/mol. The predicted octanol–water partition coefficient (Wildman–Crippen LogP) is 0.678. The van der Waals surface area contributed by atoms with E-state index in [1.807, 2.05) is 0 Å². The van der Waals surface area contributed by atoms with E-state index >= 15 is 0 Å². The standard InChI is InChI=1S/C6H9N/c1-2-6-3-5(1)4-7-6/h1,6-7H,2-4H2. The molecule has 1 aliphatic heterocycles. The first-order valence-corrected chi connectivity index (χ1v) is 2.86. The van der Waals surface area contributed by atoms with Crippen LogP contribution >= 0.6 is 0 Å². The Morgan fingerprint density at radius 2 is 2.71 bits per heavy atom. The van der Waals surface area contributed by atoms with Gasteiger partial charge >= 0.3 is 0 Å². The quantitative estimate of drug-likeness (QED) is 0.436. The summed E-state index contributed by atoms with van der Waals surface area (Å²) in [5.74, 6) is 0. The highest BCUT2D eigenvalue weighted by molar-refractivity contribution is 5.19. The first-order valence-electron chi connectivity index (χ1n) is 2.86. The Morgan fingerprint density at radius 1 is 1.71 bits per heavy atom. The predicted molar refractivity (Wildman–Crippen MR) is 29.1 cm³/mol. The molecule has 7 heavy (non-hydrogen) atoms. The summed E-state index contributed by atoms with van der Waals surface area (Å²) in [6.07, 6.45) is 4.98. The molecular formula is C6H9N. The zero-order valence-corrected chi connectivity index (χ0v) is 4.28. The van der Waals surface area contributed by atoms with Gasteiger partial charge in [0.1, 0.15) is 0 Å². The van der Waals surface area contributed by atoms with E-state index in [1.165, 1.54) is 19.4 Å². The highest BCUT2D eigenvalue weighted by atomic mass is 14.9. The van der Waals surface area contributed by atoms with Crippen molar-refractivity contribution in [2.24, 2.45) is 0 Å². The molecule has 2 rings (SSSR count). The van der Waals surface area contributed by atoms with E-state index in [0.29, 0.717) is 0 Å². The fraction of sp³-hybridized carbons (Fsp3) is 0.667. The maximum Gasteiger partial charge on any atom is 0.0168 e. The lowest BCUT2D eigenvalue weighted by molar-refractivity contribution is 0.623. The van der Waals surface area contributed by atoms with Gasteiger partial charge in [0, 0.05) is 12.6 Å². The van der Waals surface area contributed by atoms with Crippen LogP contribution in [0.4, 0.5) is 0 Å². The molecule has 0 aromatic carbocycles. The second-order valence-electron chi connectivity index (χ2n) is 2.38. The van der Waals surface area contributed by atoms with E-state index in [1.54, 1.807) is 5.57 Å². The number of fused-ring (bicyclic) bond motifs is 2. The number of hydrogen-bond acceptors (Lipinski definition) is 1. The lowest BCUT2D eigenvalue weighted by Crippen LogP contribution is -2.21. The summed E-state index contributed by atoms with van der Waals surface area (Å²) >= 11 is 0. The van der Waals surface area contributed by atoms with Crippen molar-refractivity contribution in [3.8, 4) is 0 Å². The lowest BCUT2D eigenvalue weighted by atomic mass is 10.3. The van der Waals surface area contributed by atoms with Crippen molar-refractivity contribution >= 4 is 0 Å². The third-order valence-corrected chi connectivity index (χ3v) is 1.82. The van der Waals surface area contributed by atoms with Crippen molar-refractivity contribution in [1.82, 2.24) is 5.32 Å². The molecule has 2 aliphatic rings. The Morgan fingerprint density at radius 3 is 2.86 bits per heavy atom. The Balaban J connectivity index is 2.30. The average Bonchev–Trinajstić information content (AvgIpc) is 2.22. The zero-order chi connectivity index (χ0) is 4.69. The molecule has 1 unspecified atom stereocenters. The third kappa shape index (κ3) is 0.416. The van der Waals surface area contributed by atoms with E-state index in [4.69, 9.17) is 0 Å². The molecule has 0 spiro atoms. The number of hydrogen-bond donors (Lipinski definition) is 1. The van der Waals surface area contributed by atoms with Crippen LogP contribution in [0.1, 0.15) is 12.8 Å². The van der Waals surface area contributed by atoms with Gasteiger partial charge < -0.3 is 5.32 Å². The summed E-state index contributed by atoms with van der Waals surface area (Å²) in [4.78, 5) is 0. The van der Waals surface area contributed by atoms with Gasteiger partial charge in [-0.25, -0.2) is 0 Å². The maximum absolute atomic E-state index is 3.39. The molecule has 1 N–H and O–H groups in total. The molecule has 0 amide bonds. The molecule has 1 heteroatoms. The second-order valence-corrected chi connectivity index (χ2v) is 2.38. The van der Waals surface area contributed by atoms with Crippen molar-refractivity contribution in [3.05, 3.63) is 11.6 Å². The topological polar surface area (TPSA) is 12.0 Å².